The van der Waals surface area contributed by atoms with E-state index in [0.717, 1.165) is 4.88 Å². The summed E-state index contributed by atoms with van der Waals surface area (Å²) >= 11 is 1.18. The molecule has 0 atom stereocenters. The Morgan fingerprint density at radius 1 is 1.16 bits per heavy atom. The molecule has 10 heteroatoms. The Kier molecular flexibility index (Phi) is 6.84. The fourth-order valence-electron chi connectivity index (χ4n) is 3.13. The number of anilines is 1. The lowest BCUT2D eigenvalue weighted by Gasteiger charge is -2.09. The van der Waals surface area contributed by atoms with E-state index in [-0.39, 0.29) is 22.9 Å². The first kappa shape index (κ1) is 22.9. The van der Waals surface area contributed by atoms with E-state index in [0.29, 0.717) is 22.4 Å². The second-order valence-corrected chi connectivity index (χ2v) is 8.00. The maximum atomic E-state index is 13.3. The number of rotatable bonds is 7. The van der Waals surface area contributed by atoms with Gasteiger partial charge in [-0.05, 0) is 43.7 Å². The van der Waals surface area contributed by atoms with Crippen LogP contribution >= 0.6 is 11.3 Å². The minimum Gasteiger partial charge on any atom is -0.484 e. The zero-order valence-corrected chi connectivity index (χ0v) is 18.2. The van der Waals surface area contributed by atoms with Gasteiger partial charge in [0.15, 0.2) is 6.61 Å². The highest BCUT2D eigenvalue weighted by atomic mass is 32.1. The van der Waals surface area contributed by atoms with Gasteiger partial charge in [0.25, 0.3) is 11.6 Å². The highest BCUT2D eigenvalue weighted by Crippen LogP contribution is 2.40. The maximum absolute atomic E-state index is 13.3. The van der Waals surface area contributed by atoms with Crippen LogP contribution < -0.4 is 10.1 Å². The number of nitro benzene ring substituents is 1. The third-order valence-corrected chi connectivity index (χ3v) is 5.62. The number of hydrogen-bond donors (Lipinski definition) is 1. The smallest absolute Gasteiger partial charge is 0.341 e. The summed E-state index contributed by atoms with van der Waals surface area (Å²) in [7, 11) is 1.23. The molecular weight excluding hydrogens is 439 g/mol. The van der Waals surface area contributed by atoms with Crippen LogP contribution in [0.4, 0.5) is 15.1 Å². The first-order valence-corrected chi connectivity index (χ1v) is 10.2. The number of nitro groups is 1. The van der Waals surface area contributed by atoms with Crippen LogP contribution in [0.15, 0.2) is 42.5 Å². The second-order valence-electron chi connectivity index (χ2n) is 6.78. The van der Waals surface area contributed by atoms with Gasteiger partial charge in [-0.15, -0.1) is 11.3 Å². The van der Waals surface area contributed by atoms with Crippen molar-refractivity contribution in [1.82, 2.24) is 0 Å². The summed E-state index contributed by atoms with van der Waals surface area (Å²) in [5, 5.41) is 13.8. The largest absolute Gasteiger partial charge is 0.484 e. The lowest BCUT2D eigenvalue weighted by Crippen LogP contribution is -2.21. The molecule has 0 fully saturated rings. The number of halogens is 1. The van der Waals surface area contributed by atoms with Gasteiger partial charge in [-0.2, -0.15) is 0 Å². The normalized spacial score (nSPS) is 10.5. The minimum atomic E-state index is -0.643. The van der Waals surface area contributed by atoms with Crippen LogP contribution in [0.2, 0.25) is 0 Å². The molecule has 3 aromatic rings. The summed E-state index contributed by atoms with van der Waals surface area (Å²) < 4.78 is 23.6. The van der Waals surface area contributed by atoms with E-state index in [2.05, 4.69) is 5.32 Å². The van der Waals surface area contributed by atoms with Crippen molar-refractivity contribution in [3.63, 3.8) is 0 Å². The molecule has 0 radical (unpaired) electrons. The molecule has 1 amide bonds. The van der Waals surface area contributed by atoms with Gasteiger partial charge in [0, 0.05) is 22.1 Å². The number of benzene rings is 2. The van der Waals surface area contributed by atoms with Crippen LogP contribution in [0.25, 0.3) is 11.1 Å². The predicted molar refractivity (Wildman–Crippen MR) is 118 cm³/mol. The van der Waals surface area contributed by atoms with Crippen molar-refractivity contribution in [2.24, 2.45) is 0 Å². The standard InChI is InChI=1S/C22H19FN2O6S/c1-12-10-16(8-9-17(12)25(28)29)31-11-18(26)24-21-20(22(27)30-3)19(13(2)32-21)14-4-6-15(23)7-5-14/h4-10H,11H2,1-3H3,(H,24,26). The van der Waals surface area contributed by atoms with Gasteiger partial charge in [-0.25, -0.2) is 9.18 Å². The van der Waals surface area contributed by atoms with Crippen LogP contribution in [0.5, 0.6) is 5.75 Å². The van der Waals surface area contributed by atoms with E-state index in [4.69, 9.17) is 9.47 Å². The van der Waals surface area contributed by atoms with Crippen molar-refractivity contribution in [2.45, 2.75) is 13.8 Å². The molecule has 0 saturated heterocycles. The fraction of sp³-hybridized carbons (Fsp3) is 0.182. The van der Waals surface area contributed by atoms with Crippen LogP contribution in [0.3, 0.4) is 0 Å². The van der Waals surface area contributed by atoms with Crippen molar-refractivity contribution < 1.29 is 28.4 Å². The molecule has 0 spiro atoms. The Morgan fingerprint density at radius 3 is 2.44 bits per heavy atom. The Balaban J connectivity index is 1.81. The van der Waals surface area contributed by atoms with Gasteiger partial charge >= 0.3 is 5.97 Å². The number of esters is 1. The average molecular weight is 458 g/mol. The quantitative estimate of drug-likeness (QED) is 0.307. The summed E-state index contributed by atoms with van der Waals surface area (Å²) in [5.74, 6) is -1.28. The van der Waals surface area contributed by atoms with Crippen molar-refractivity contribution in [1.29, 1.82) is 0 Å². The molecule has 0 saturated carbocycles. The molecule has 0 aliphatic carbocycles. The minimum absolute atomic E-state index is 0.0492. The third kappa shape index (κ3) is 4.92. The molecule has 2 aromatic carbocycles. The number of amides is 1. The van der Waals surface area contributed by atoms with E-state index < -0.39 is 22.6 Å². The molecule has 166 valence electrons. The van der Waals surface area contributed by atoms with Crippen molar-refractivity contribution in [3.05, 3.63) is 74.4 Å². The summed E-state index contributed by atoms with van der Waals surface area (Å²) in [6.45, 7) is 2.97. The number of nitrogens with one attached hydrogen (secondary N) is 1. The van der Waals surface area contributed by atoms with Gasteiger partial charge in [-0.3, -0.25) is 14.9 Å². The highest BCUT2D eigenvalue weighted by molar-refractivity contribution is 7.17. The number of hydrogen-bond acceptors (Lipinski definition) is 7. The summed E-state index contributed by atoms with van der Waals surface area (Å²) in [4.78, 5) is 36.1. The molecule has 0 bridgehead atoms. The number of thiophene rings is 1. The van der Waals surface area contributed by atoms with Crippen molar-refractivity contribution >= 4 is 33.9 Å². The van der Waals surface area contributed by atoms with Gasteiger partial charge in [0.1, 0.15) is 22.1 Å². The monoisotopic (exact) mass is 458 g/mol. The second kappa shape index (κ2) is 9.56. The number of ether oxygens (including phenoxy) is 2. The molecule has 3 rings (SSSR count). The average Bonchev–Trinajstić information content (AvgIpc) is 3.07. The van der Waals surface area contributed by atoms with Crippen LogP contribution in [-0.2, 0) is 9.53 Å². The van der Waals surface area contributed by atoms with E-state index in [1.165, 1.54) is 48.8 Å². The molecule has 8 nitrogen and oxygen atoms in total. The van der Waals surface area contributed by atoms with Crippen LogP contribution in [0, 0.1) is 29.8 Å². The number of nitrogens with zero attached hydrogens (tertiary/aromatic N) is 1. The topological polar surface area (TPSA) is 108 Å². The van der Waals surface area contributed by atoms with Crippen molar-refractivity contribution in [3.8, 4) is 16.9 Å². The zero-order valence-electron chi connectivity index (χ0n) is 17.4. The first-order chi connectivity index (χ1) is 15.2. The van der Waals surface area contributed by atoms with Crippen molar-refractivity contribution in [2.75, 3.05) is 19.0 Å². The van der Waals surface area contributed by atoms with Gasteiger partial charge in [-0.1, -0.05) is 12.1 Å². The fourth-order valence-corrected chi connectivity index (χ4v) is 4.21. The Labute approximate surface area is 186 Å². The lowest BCUT2D eigenvalue weighted by molar-refractivity contribution is -0.385. The summed E-state index contributed by atoms with van der Waals surface area (Å²) in [6, 6.07) is 9.82. The van der Waals surface area contributed by atoms with E-state index in [9.17, 15) is 24.1 Å². The van der Waals surface area contributed by atoms with Crippen LogP contribution in [0.1, 0.15) is 20.8 Å². The summed E-state index contributed by atoms with van der Waals surface area (Å²) in [5.41, 5.74) is 1.68. The SMILES string of the molecule is COC(=O)c1c(NC(=O)COc2ccc([N+](=O)[O-])c(C)c2)sc(C)c1-c1ccc(F)cc1. The Hall–Kier alpha value is -3.79. The van der Waals surface area contributed by atoms with E-state index in [1.807, 2.05) is 0 Å². The highest BCUT2D eigenvalue weighted by Gasteiger charge is 2.25. The van der Waals surface area contributed by atoms with Crippen LogP contribution in [-0.4, -0.2) is 30.5 Å². The molecule has 0 aliphatic rings. The summed E-state index contributed by atoms with van der Waals surface area (Å²) in [6.07, 6.45) is 0. The third-order valence-electron chi connectivity index (χ3n) is 4.59. The van der Waals surface area contributed by atoms with Gasteiger partial charge in [0.05, 0.1) is 12.0 Å². The zero-order chi connectivity index (χ0) is 23.4. The molecular formula is C22H19FN2O6S. The first-order valence-electron chi connectivity index (χ1n) is 9.36. The lowest BCUT2D eigenvalue weighted by atomic mass is 10.0. The van der Waals surface area contributed by atoms with E-state index in [1.54, 1.807) is 26.0 Å². The molecule has 1 N–H and O–H groups in total. The molecule has 1 heterocycles. The maximum Gasteiger partial charge on any atom is 0.341 e. The van der Waals surface area contributed by atoms with Gasteiger partial charge in [0.2, 0.25) is 0 Å². The molecule has 0 unspecified atom stereocenters. The Morgan fingerprint density at radius 2 is 1.84 bits per heavy atom. The number of carbonyl (C=O) groups excluding carboxylic acids is 2. The Bertz CT molecular complexity index is 1190. The van der Waals surface area contributed by atoms with E-state index >= 15 is 0 Å². The predicted octanol–water partition coefficient (Wildman–Crippen LogP) is 4.88. The number of aryl methyl sites for hydroxylation is 2. The molecule has 32 heavy (non-hydrogen) atoms. The van der Waals surface area contributed by atoms with Gasteiger partial charge < -0.3 is 14.8 Å². The molecule has 1 aromatic heterocycles. The molecule has 0 aliphatic heterocycles. The number of methoxy groups -OCH3 is 1. The number of carbonyl (C=O) groups is 2.